The van der Waals surface area contributed by atoms with Crippen LogP contribution in [0, 0.1) is 0 Å². The monoisotopic (exact) mass is 392 g/mol. The first-order valence-electron chi connectivity index (χ1n) is 9.69. The van der Waals surface area contributed by atoms with Crippen LogP contribution in [0.4, 0.5) is 4.79 Å². The van der Waals surface area contributed by atoms with Gasteiger partial charge in [0.25, 0.3) is 11.8 Å². The lowest BCUT2D eigenvalue weighted by molar-refractivity contribution is -0.101. The van der Waals surface area contributed by atoms with Gasteiger partial charge in [0.2, 0.25) is 0 Å². The normalized spacial score (nSPS) is 25.4. The van der Waals surface area contributed by atoms with Crippen LogP contribution in [0.5, 0.6) is 0 Å². The standard InChI is InChI=1S/C22H20N2O5/c25-19-17-3-1-2-4-18(17)20(26)24(19)29-12-14-5-7-15(8-6-14)16-9-10-22(11-16)13-28-21(27)23-22/h1-8,16H,9-13H2,(H,23,27)/t16-,22-/m1/s1. The van der Waals surface area contributed by atoms with E-state index >= 15 is 0 Å². The molecule has 2 aromatic rings. The summed E-state index contributed by atoms with van der Waals surface area (Å²) in [6.07, 6.45) is 2.44. The topological polar surface area (TPSA) is 84.9 Å². The van der Waals surface area contributed by atoms with Gasteiger partial charge in [0.05, 0.1) is 16.7 Å². The fourth-order valence-electron chi connectivity index (χ4n) is 4.46. The molecule has 1 aliphatic carbocycles. The number of carbonyl (C=O) groups is 3. The van der Waals surface area contributed by atoms with Crippen LogP contribution in [0.15, 0.2) is 48.5 Å². The van der Waals surface area contributed by atoms with Crippen LogP contribution < -0.4 is 5.32 Å². The molecule has 1 saturated heterocycles. The van der Waals surface area contributed by atoms with Crippen molar-refractivity contribution in [2.75, 3.05) is 6.61 Å². The number of hydrogen-bond acceptors (Lipinski definition) is 5. The quantitative estimate of drug-likeness (QED) is 0.808. The zero-order chi connectivity index (χ0) is 20.0. The molecule has 5 rings (SSSR count). The summed E-state index contributed by atoms with van der Waals surface area (Å²) >= 11 is 0. The largest absolute Gasteiger partial charge is 0.447 e. The van der Waals surface area contributed by atoms with Gasteiger partial charge in [-0.25, -0.2) is 4.79 Å². The summed E-state index contributed by atoms with van der Waals surface area (Å²) in [6.45, 7) is 0.568. The summed E-state index contributed by atoms with van der Waals surface area (Å²) in [6, 6.07) is 14.7. The van der Waals surface area contributed by atoms with Crippen molar-refractivity contribution < 1.29 is 24.0 Å². The number of cyclic esters (lactones) is 1. The van der Waals surface area contributed by atoms with Gasteiger partial charge in [-0.2, -0.15) is 0 Å². The fraction of sp³-hybridized carbons (Fsp3) is 0.318. The van der Waals surface area contributed by atoms with Crippen LogP contribution >= 0.6 is 0 Å². The average Bonchev–Trinajstić information content (AvgIpc) is 3.39. The lowest BCUT2D eigenvalue weighted by Gasteiger charge is -2.20. The van der Waals surface area contributed by atoms with Crippen molar-refractivity contribution in [2.45, 2.75) is 37.3 Å². The van der Waals surface area contributed by atoms with Crippen molar-refractivity contribution in [2.24, 2.45) is 0 Å². The number of alkyl carbamates (subject to hydrolysis) is 1. The van der Waals surface area contributed by atoms with E-state index in [1.807, 2.05) is 24.3 Å². The zero-order valence-corrected chi connectivity index (χ0v) is 15.7. The Labute approximate surface area is 167 Å². The Morgan fingerprint density at radius 1 is 1.03 bits per heavy atom. The highest BCUT2D eigenvalue weighted by Gasteiger charge is 2.45. The molecule has 3 amide bonds. The highest BCUT2D eigenvalue weighted by atomic mass is 16.7. The number of rotatable bonds is 4. The highest BCUT2D eigenvalue weighted by Crippen LogP contribution is 2.42. The molecule has 148 valence electrons. The molecular formula is C22H20N2O5. The van der Waals surface area contributed by atoms with Crippen LogP contribution in [0.1, 0.15) is 57.0 Å². The maximum absolute atomic E-state index is 12.3. The Balaban J connectivity index is 1.22. The molecular weight excluding hydrogens is 372 g/mol. The van der Waals surface area contributed by atoms with Gasteiger partial charge < -0.3 is 10.1 Å². The van der Waals surface area contributed by atoms with Gasteiger partial charge in [-0.3, -0.25) is 14.4 Å². The lowest BCUT2D eigenvalue weighted by atomic mass is 9.93. The van der Waals surface area contributed by atoms with E-state index in [1.54, 1.807) is 24.3 Å². The van der Waals surface area contributed by atoms with Gasteiger partial charge in [0.15, 0.2) is 0 Å². The van der Waals surface area contributed by atoms with E-state index in [0.717, 1.165) is 29.9 Å². The molecule has 29 heavy (non-hydrogen) atoms. The Kier molecular flexibility index (Phi) is 4.13. The summed E-state index contributed by atoms with van der Waals surface area (Å²) in [7, 11) is 0. The summed E-state index contributed by atoms with van der Waals surface area (Å²) < 4.78 is 5.09. The van der Waals surface area contributed by atoms with Crippen molar-refractivity contribution >= 4 is 17.9 Å². The molecule has 2 aliphatic heterocycles. The summed E-state index contributed by atoms with van der Waals surface area (Å²) in [5.74, 6) is -0.498. The summed E-state index contributed by atoms with van der Waals surface area (Å²) in [5, 5.41) is 3.79. The third-order valence-electron chi connectivity index (χ3n) is 6.02. The third-order valence-corrected chi connectivity index (χ3v) is 6.02. The SMILES string of the molecule is O=C1N[C@@]2(CC[C@@H](c3ccc(CON4C(=O)c5ccccc5C4=O)cc3)C2)CO1. The molecule has 7 heteroatoms. The number of imide groups is 1. The molecule has 0 radical (unpaired) electrons. The molecule has 2 fully saturated rings. The second-order valence-electron chi connectivity index (χ2n) is 7.89. The van der Waals surface area contributed by atoms with Gasteiger partial charge in [-0.1, -0.05) is 36.4 Å². The van der Waals surface area contributed by atoms with Gasteiger partial charge in [0.1, 0.15) is 13.2 Å². The Morgan fingerprint density at radius 3 is 2.34 bits per heavy atom. The minimum Gasteiger partial charge on any atom is -0.447 e. The molecule has 0 unspecified atom stereocenters. The maximum atomic E-state index is 12.3. The van der Waals surface area contributed by atoms with Crippen LogP contribution in [0.2, 0.25) is 0 Å². The van der Waals surface area contributed by atoms with Crippen molar-refractivity contribution in [3.8, 4) is 0 Å². The second kappa shape index (κ2) is 6.70. The van der Waals surface area contributed by atoms with Gasteiger partial charge >= 0.3 is 6.09 Å². The Bertz CT molecular complexity index is 968. The van der Waals surface area contributed by atoms with Crippen LogP contribution in [0.3, 0.4) is 0 Å². The number of hydroxylamine groups is 2. The number of nitrogens with zero attached hydrogens (tertiary/aromatic N) is 1. The van der Waals surface area contributed by atoms with Crippen LogP contribution in [-0.4, -0.2) is 35.1 Å². The van der Waals surface area contributed by atoms with Crippen molar-refractivity contribution in [1.29, 1.82) is 0 Å². The number of hydrogen-bond donors (Lipinski definition) is 1. The number of benzene rings is 2. The number of nitrogens with one attached hydrogen (secondary N) is 1. The van der Waals surface area contributed by atoms with Crippen LogP contribution in [0.25, 0.3) is 0 Å². The Morgan fingerprint density at radius 2 is 1.72 bits per heavy atom. The third kappa shape index (κ3) is 3.07. The molecule has 1 spiro atoms. The van der Waals surface area contributed by atoms with Crippen molar-refractivity contribution in [3.63, 3.8) is 0 Å². The molecule has 0 aromatic heterocycles. The molecule has 7 nitrogen and oxygen atoms in total. The number of ether oxygens (including phenoxy) is 1. The van der Waals surface area contributed by atoms with E-state index < -0.39 is 11.8 Å². The van der Waals surface area contributed by atoms with E-state index in [0.29, 0.717) is 23.7 Å². The minimum atomic E-state index is -0.431. The minimum absolute atomic E-state index is 0.129. The molecule has 1 saturated carbocycles. The highest BCUT2D eigenvalue weighted by molar-refractivity contribution is 6.20. The molecule has 0 bridgehead atoms. The van der Waals surface area contributed by atoms with Crippen LogP contribution in [-0.2, 0) is 16.2 Å². The predicted octanol–water partition coefficient (Wildman–Crippen LogP) is 3.16. The number of fused-ring (bicyclic) bond motifs is 1. The summed E-state index contributed by atoms with van der Waals surface area (Å²) in [4.78, 5) is 41.6. The first kappa shape index (κ1) is 17.9. The molecule has 2 aromatic carbocycles. The first-order chi connectivity index (χ1) is 14.0. The van der Waals surface area contributed by atoms with E-state index in [2.05, 4.69) is 5.32 Å². The van der Waals surface area contributed by atoms with Crippen molar-refractivity contribution in [1.82, 2.24) is 10.4 Å². The van der Waals surface area contributed by atoms with E-state index in [-0.39, 0.29) is 18.2 Å². The second-order valence-corrected chi connectivity index (χ2v) is 7.89. The maximum Gasteiger partial charge on any atom is 0.407 e. The van der Waals surface area contributed by atoms with E-state index in [1.165, 1.54) is 5.56 Å². The lowest BCUT2D eigenvalue weighted by Crippen LogP contribution is -2.40. The van der Waals surface area contributed by atoms with Gasteiger partial charge in [-0.05, 0) is 48.4 Å². The predicted molar refractivity (Wildman–Crippen MR) is 102 cm³/mol. The average molecular weight is 392 g/mol. The first-order valence-corrected chi connectivity index (χ1v) is 9.69. The molecule has 2 heterocycles. The fourth-order valence-corrected chi connectivity index (χ4v) is 4.46. The van der Waals surface area contributed by atoms with Gasteiger partial charge in [-0.15, -0.1) is 5.06 Å². The number of amides is 3. The van der Waals surface area contributed by atoms with Gasteiger partial charge in [0, 0.05) is 0 Å². The zero-order valence-electron chi connectivity index (χ0n) is 15.7. The van der Waals surface area contributed by atoms with Crippen molar-refractivity contribution in [3.05, 3.63) is 70.8 Å². The van der Waals surface area contributed by atoms with E-state index in [4.69, 9.17) is 9.57 Å². The van der Waals surface area contributed by atoms with E-state index in [9.17, 15) is 14.4 Å². The molecule has 2 atom stereocenters. The molecule has 3 aliphatic rings. The number of carbonyl (C=O) groups excluding carboxylic acids is 3. The Hall–Kier alpha value is -3.19. The smallest absolute Gasteiger partial charge is 0.407 e. The molecule has 1 N–H and O–H groups in total. The summed E-state index contributed by atoms with van der Waals surface area (Å²) in [5.41, 5.74) is 2.58.